The van der Waals surface area contributed by atoms with Gasteiger partial charge in [0.1, 0.15) is 0 Å². The Bertz CT molecular complexity index is 495. The van der Waals surface area contributed by atoms with E-state index in [9.17, 15) is 0 Å². The minimum Gasteiger partial charge on any atom is -0.489 e. The third-order valence-corrected chi connectivity index (χ3v) is 4.41. The van der Waals surface area contributed by atoms with Crippen molar-refractivity contribution in [3.63, 3.8) is 0 Å². The van der Waals surface area contributed by atoms with Crippen LogP contribution in [0.5, 0.6) is 11.5 Å². The largest absolute Gasteiger partial charge is 0.489 e. The van der Waals surface area contributed by atoms with Gasteiger partial charge < -0.3 is 14.8 Å². The van der Waals surface area contributed by atoms with Crippen molar-refractivity contribution in [1.29, 1.82) is 0 Å². The number of rotatable bonds is 1. The van der Waals surface area contributed by atoms with E-state index in [1.807, 2.05) is 6.07 Å². The van der Waals surface area contributed by atoms with E-state index in [-0.39, 0.29) is 5.41 Å². The highest BCUT2D eigenvalue weighted by atomic mass is 35.5. The highest BCUT2D eigenvalue weighted by Crippen LogP contribution is 2.41. The Kier molecular flexibility index (Phi) is 3.83. The van der Waals surface area contributed by atoms with Gasteiger partial charge in [-0.2, -0.15) is 0 Å². The van der Waals surface area contributed by atoms with Crippen molar-refractivity contribution in [1.82, 2.24) is 5.32 Å². The van der Waals surface area contributed by atoms with Crippen LogP contribution in [0.25, 0.3) is 0 Å². The Hall–Kier alpha value is -0.930. The van der Waals surface area contributed by atoms with Gasteiger partial charge in [0, 0.05) is 16.5 Å². The molecule has 0 radical (unpaired) electrons. The summed E-state index contributed by atoms with van der Waals surface area (Å²) >= 11 is 6.46. The number of ether oxygens (including phenoxy) is 2. The molecule has 1 N–H and O–H groups in total. The molecule has 1 aromatic rings. The lowest BCUT2D eigenvalue weighted by atomic mass is 9.90. The minimum atomic E-state index is 0.0282. The van der Waals surface area contributed by atoms with Crippen molar-refractivity contribution in [3.05, 3.63) is 22.7 Å². The van der Waals surface area contributed by atoms with Crippen LogP contribution in [0.2, 0.25) is 5.02 Å². The van der Waals surface area contributed by atoms with Crippen LogP contribution < -0.4 is 14.8 Å². The summed E-state index contributed by atoms with van der Waals surface area (Å²) < 4.78 is 11.8. The molecule has 0 amide bonds. The third-order valence-electron chi connectivity index (χ3n) is 4.08. The number of hydrogen-bond acceptors (Lipinski definition) is 3. The predicted octanol–water partition coefficient (Wildman–Crippen LogP) is 3.60. The maximum absolute atomic E-state index is 6.46. The van der Waals surface area contributed by atoms with Gasteiger partial charge in [0.15, 0.2) is 11.5 Å². The summed E-state index contributed by atoms with van der Waals surface area (Å²) in [4.78, 5) is 0. The Balaban J connectivity index is 1.89. The van der Waals surface area contributed by atoms with Crippen LogP contribution in [0, 0.1) is 5.41 Å². The van der Waals surface area contributed by atoms with Crippen LogP contribution in [0.15, 0.2) is 12.1 Å². The Morgan fingerprint density at radius 2 is 1.70 bits per heavy atom. The van der Waals surface area contributed by atoms with Gasteiger partial charge in [0.25, 0.3) is 0 Å². The van der Waals surface area contributed by atoms with E-state index in [2.05, 4.69) is 25.2 Å². The molecule has 0 bridgehead atoms. The summed E-state index contributed by atoms with van der Waals surface area (Å²) in [5.41, 5.74) is 1.23. The normalized spacial score (nSPS) is 22.4. The second kappa shape index (κ2) is 5.45. The summed E-state index contributed by atoms with van der Waals surface area (Å²) in [6.45, 7) is 7.74. The molecule has 20 heavy (non-hydrogen) atoms. The van der Waals surface area contributed by atoms with E-state index in [1.54, 1.807) is 0 Å². The molecule has 0 spiro atoms. The van der Waals surface area contributed by atoms with Gasteiger partial charge in [-0.3, -0.25) is 0 Å². The topological polar surface area (TPSA) is 30.5 Å². The Morgan fingerprint density at radius 1 is 1.10 bits per heavy atom. The number of fused-ring (bicyclic) bond motifs is 1. The molecule has 0 aromatic heterocycles. The molecule has 110 valence electrons. The van der Waals surface area contributed by atoms with E-state index in [0.29, 0.717) is 19.1 Å². The maximum atomic E-state index is 6.46. The van der Waals surface area contributed by atoms with Crippen molar-refractivity contribution >= 4 is 11.6 Å². The fraction of sp³-hybridized carbons (Fsp3) is 0.625. The van der Waals surface area contributed by atoms with Crippen LogP contribution in [-0.2, 0) is 0 Å². The molecular weight excluding hydrogens is 274 g/mol. The molecule has 0 aliphatic carbocycles. The molecular formula is C16H22ClNO2. The molecule has 1 aromatic carbocycles. The second-order valence-corrected chi connectivity index (χ2v) is 6.99. The van der Waals surface area contributed by atoms with Gasteiger partial charge in [0.05, 0.1) is 13.2 Å². The van der Waals surface area contributed by atoms with Gasteiger partial charge in [-0.05, 0) is 43.5 Å². The van der Waals surface area contributed by atoms with E-state index in [0.717, 1.165) is 42.5 Å². The summed E-state index contributed by atoms with van der Waals surface area (Å²) in [5.74, 6) is 2.14. The molecule has 2 heterocycles. The second-order valence-electron chi connectivity index (χ2n) is 6.59. The average molecular weight is 296 g/mol. The Morgan fingerprint density at radius 3 is 2.35 bits per heavy atom. The van der Waals surface area contributed by atoms with E-state index in [4.69, 9.17) is 21.1 Å². The summed E-state index contributed by atoms with van der Waals surface area (Å²) in [7, 11) is 0. The molecule has 3 nitrogen and oxygen atoms in total. The van der Waals surface area contributed by atoms with Crippen LogP contribution in [0.4, 0.5) is 0 Å². The molecule has 1 fully saturated rings. The number of benzene rings is 1. The van der Waals surface area contributed by atoms with Gasteiger partial charge in [-0.1, -0.05) is 25.4 Å². The highest BCUT2D eigenvalue weighted by molar-refractivity contribution is 6.31. The fourth-order valence-corrected chi connectivity index (χ4v) is 3.12. The van der Waals surface area contributed by atoms with E-state index in [1.165, 1.54) is 5.56 Å². The Labute approximate surface area is 125 Å². The first-order valence-electron chi connectivity index (χ1n) is 7.35. The standard InChI is InChI=1S/C16H22ClNO2/c1-16(2)9-19-14-7-12(11-3-5-18-6-4-11)13(17)8-15(14)20-10-16/h7-8,11,18H,3-6,9-10H2,1-2H3. The quantitative estimate of drug-likeness (QED) is 0.858. The van der Waals surface area contributed by atoms with Crippen molar-refractivity contribution in [3.8, 4) is 11.5 Å². The van der Waals surface area contributed by atoms with E-state index < -0.39 is 0 Å². The van der Waals surface area contributed by atoms with Gasteiger partial charge in [-0.25, -0.2) is 0 Å². The number of hydrogen-bond donors (Lipinski definition) is 1. The zero-order valence-electron chi connectivity index (χ0n) is 12.2. The first-order chi connectivity index (χ1) is 9.55. The number of piperidine rings is 1. The summed E-state index contributed by atoms with van der Waals surface area (Å²) in [5, 5.41) is 4.19. The highest BCUT2D eigenvalue weighted by Gasteiger charge is 2.27. The first kappa shape index (κ1) is 14.0. The lowest BCUT2D eigenvalue weighted by Gasteiger charge is -2.24. The molecule has 0 atom stereocenters. The minimum absolute atomic E-state index is 0.0282. The monoisotopic (exact) mass is 295 g/mol. The van der Waals surface area contributed by atoms with Crippen molar-refractivity contribution in [2.24, 2.45) is 5.41 Å². The molecule has 0 saturated carbocycles. The average Bonchev–Trinajstić information content (AvgIpc) is 2.58. The van der Waals surface area contributed by atoms with Crippen molar-refractivity contribution in [2.75, 3.05) is 26.3 Å². The van der Waals surface area contributed by atoms with Crippen LogP contribution in [0.3, 0.4) is 0 Å². The molecule has 2 aliphatic heterocycles. The lowest BCUT2D eigenvalue weighted by Crippen LogP contribution is -2.26. The fourth-order valence-electron chi connectivity index (χ4n) is 2.81. The smallest absolute Gasteiger partial charge is 0.162 e. The van der Waals surface area contributed by atoms with Crippen molar-refractivity contribution < 1.29 is 9.47 Å². The summed E-state index contributed by atoms with van der Waals surface area (Å²) in [6, 6.07) is 4.02. The molecule has 2 aliphatic rings. The van der Waals surface area contributed by atoms with Gasteiger partial charge in [0.2, 0.25) is 0 Å². The van der Waals surface area contributed by atoms with Crippen LogP contribution in [-0.4, -0.2) is 26.3 Å². The zero-order valence-corrected chi connectivity index (χ0v) is 12.9. The number of nitrogens with one attached hydrogen (secondary N) is 1. The molecule has 1 saturated heterocycles. The molecule has 0 unspecified atom stereocenters. The first-order valence-corrected chi connectivity index (χ1v) is 7.73. The van der Waals surface area contributed by atoms with Crippen LogP contribution in [0.1, 0.15) is 38.2 Å². The lowest BCUT2D eigenvalue weighted by molar-refractivity contribution is 0.140. The summed E-state index contributed by atoms with van der Waals surface area (Å²) in [6.07, 6.45) is 2.26. The van der Waals surface area contributed by atoms with E-state index >= 15 is 0 Å². The van der Waals surface area contributed by atoms with Crippen molar-refractivity contribution in [2.45, 2.75) is 32.6 Å². The third kappa shape index (κ3) is 2.89. The SMILES string of the molecule is CC1(C)COc2cc(Cl)c(C3CCNCC3)cc2OC1. The van der Waals surface area contributed by atoms with Gasteiger partial charge in [-0.15, -0.1) is 0 Å². The molecule has 3 rings (SSSR count). The van der Waals surface area contributed by atoms with Gasteiger partial charge >= 0.3 is 0 Å². The predicted molar refractivity (Wildman–Crippen MR) is 81.1 cm³/mol. The number of halogens is 1. The maximum Gasteiger partial charge on any atom is 0.162 e. The zero-order chi connectivity index (χ0) is 14.2. The molecule has 4 heteroatoms. The van der Waals surface area contributed by atoms with Crippen LogP contribution >= 0.6 is 11.6 Å².